The predicted octanol–water partition coefficient (Wildman–Crippen LogP) is 4.10. The number of aliphatic hydroxyl groups is 1. The van der Waals surface area contributed by atoms with Crippen molar-refractivity contribution in [3.8, 4) is 0 Å². The molecule has 1 saturated carbocycles. The third-order valence-corrected chi connectivity index (χ3v) is 5.93. The van der Waals surface area contributed by atoms with E-state index in [1.54, 1.807) is 12.3 Å². The van der Waals surface area contributed by atoms with Gasteiger partial charge in [0.2, 0.25) is 0 Å². The summed E-state index contributed by atoms with van der Waals surface area (Å²) < 4.78 is 0. The number of amides is 1. The number of piperidine rings is 1. The first-order valence-electron chi connectivity index (χ1n) is 10.0. The molecular weight excluding hydrogens is 350 g/mol. The van der Waals surface area contributed by atoms with Crippen molar-refractivity contribution in [2.75, 3.05) is 25.0 Å². The second-order valence-corrected chi connectivity index (χ2v) is 8.00. The summed E-state index contributed by atoms with van der Waals surface area (Å²) >= 11 is 6.33. The Labute approximate surface area is 161 Å². The molecular formula is C20H30ClN3O2. The van der Waals surface area contributed by atoms with Crippen LogP contribution in [0.4, 0.5) is 5.82 Å². The summed E-state index contributed by atoms with van der Waals surface area (Å²) in [5, 5.41) is 13.8. The topological polar surface area (TPSA) is 65.5 Å². The Morgan fingerprint density at radius 2 is 2.00 bits per heavy atom. The molecule has 2 aliphatic rings. The Kier molecular flexibility index (Phi) is 7.15. The quantitative estimate of drug-likeness (QED) is 0.730. The number of carbonyl (C=O) groups excluding carboxylic acids is 1. The van der Waals surface area contributed by atoms with Crippen LogP contribution >= 0.6 is 11.6 Å². The third-order valence-electron chi connectivity index (χ3n) is 5.64. The van der Waals surface area contributed by atoms with Gasteiger partial charge in [0.05, 0.1) is 16.7 Å². The number of pyridine rings is 1. The molecule has 1 aromatic rings. The summed E-state index contributed by atoms with van der Waals surface area (Å²) in [6, 6.07) is 1.72. The SMILES string of the molecule is O=C(c1cnc(NCCCC2CCCCC2O)c(Cl)c1)N1CCCCC1. The highest BCUT2D eigenvalue weighted by Gasteiger charge is 2.22. The van der Waals surface area contributed by atoms with Crippen molar-refractivity contribution in [3.63, 3.8) is 0 Å². The molecule has 2 atom stereocenters. The molecule has 0 aromatic carbocycles. The first-order valence-corrected chi connectivity index (χ1v) is 10.4. The first kappa shape index (κ1) is 19.4. The largest absolute Gasteiger partial charge is 0.393 e. The van der Waals surface area contributed by atoms with Crippen LogP contribution in [0.3, 0.4) is 0 Å². The predicted molar refractivity (Wildman–Crippen MR) is 105 cm³/mol. The lowest BCUT2D eigenvalue weighted by molar-refractivity contribution is 0.0647. The van der Waals surface area contributed by atoms with Gasteiger partial charge in [-0.25, -0.2) is 4.98 Å². The summed E-state index contributed by atoms with van der Waals surface area (Å²) in [4.78, 5) is 18.8. The number of aliphatic hydroxyl groups excluding tert-OH is 1. The molecule has 1 saturated heterocycles. The Bertz CT molecular complexity index is 605. The van der Waals surface area contributed by atoms with Gasteiger partial charge in [-0.3, -0.25) is 4.79 Å². The number of rotatable bonds is 6. The molecule has 2 heterocycles. The van der Waals surface area contributed by atoms with Crippen molar-refractivity contribution >= 4 is 23.3 Å². The van der Waals surface area contributed by atoms with E-state index in [4.69, 9.17) is 11.6 Å². The van der Waals surface area contributed by atoms with E-state index in [0.717, 1.165) is 64.6 Å². The Hall–Kier alpha value is -1.33. The minimum absolute atomic E-state index is 0.0249. The van der Waals surface area contributed by atoms with Crippen LogP contribution in [-0.2, 0) is 0 Å². The minimum Gasteiger partial charge on any atom is -0.393 e. The van der Waals surface area contributed by atoms with Crippen LogP contribution in [0.25, 0.3) is 0 Å². The Morgan fingerprint density at radius 1 is 1.23 bits per heavy atom. The van der Waals surface area contributed by atoms with Crippen molar-refractivity contribution in [3.05, 3.63) is 22.8 Å². The molecule has 1 aromatic heterocycles. The fourth-order valence-corrected chi connectivity index (χ4v) is 4.29. The molecule has 0 bridgehead atoms. The van der Waals surface area contributed by atoms with Gasteiger partial charge in [0, 0.05) is 25.8 Å². The van der Waals surface area contributed by atoms with Crippen LogP contribution in [0.2, 0.25) is 5.02 Å². The second-order valence-electron chi connectivity index (χ2n) is 7.59. The number of anilines is 1. The lowest BCUT2D eigenvalue weighted by atomic mass is 9.83. The summed E-state index contributed by atoms with van der Waals surface area (Å²) in [6.45, 7) is 2.42. The second kappa shape index (κ2) is 9.56. The number of hydrogen-bond donors (Lipinski definition) is 2. The molecule has 2 unspecified atom stereocenters. The smallest absolute Gasteiger partial charge is 0.255 e. The molecule has 1 aliphatic heterocycles. The number of hydrogen-bond acceptors (Lipinski definition) is 4. The average Bonchev–Trinajstić information content (AvgIpc) is 2.67. The molecule has 6 heteroatoms. The molecule has 0 radical (unpaired) electrons. The van der Waals surface area contributed by atoms with Gasteiger partial charge in [0.1, 0.15) is 5.82 Å². The van der Waals surface area contributed by atoms with E-state index in [9.17, 15) is 9.90 Å². The van der Waals surface area contributed by atoms with E-state index < -0.39 is 0 Å². The van der Waals surface area contributed by atoms with Crippen molar-refractivity contribution in [1.29, 1.82) is 0 Å². The number of aromatic nitrogens is 1. The van der Waals surface area contributed by atoms with Gasteiger partial charge in [-0.05, 0) is 56.9 Å². The van der Waals surface area contributed by atoms with Crippen LogP contribution in [0, 0.1) is 5.92 Å². The molecule has 0 spiro atoms. The zero-order chi connectivity index (χ0) is 18.4. The van der Waals surface area contributed by atoms with Crippen LogP contribution in [-0.4, -0.2) is 46.6 Å². The van der Waals surface area contributed by atoms with Crippen molar-refractivity contribution in [1.82, 2.24) is 9.88 Å². The van der Waals surface area contributed by atoms with Gasteiger partial charge < -0.3 is 15.3 Å². The van der Waals surface area contributed by atoms with E-state index in [2.05, 4.69) is 10.3 Å². The van der Waals surface area contributed by atoms with E-state index in [-0.39, 0.29) is 12.0 Å². The number of likely N-dealkylation sites (tertiary alicyclic amines) is 1. The van der Waals surface area contributed by atoms with Gasteiger partial charge >= 0.3 is 0 Å². The maximum atomic E-state index is 12.5. The standard InChI is InChI=1S/C20H30ClN3O2/c21-17-13-16(20(26)24-11-4-1-5-12-24)14-23-19(17)22-10-6-8-15-7-2-3-9-18(15)25/h13-15,18,25H,1-12H2,(H,22,23). The first-order chi connectivity index (χ1) is 12.6. The highest BCUT2D eigenvalue weighted by molar-refractivity contribution is 6.33. The molecule has 2 N–H and O–H groups in total. The van der Waals surface area contributed by atoms with Gasteiger partial charge in [-0.2, -0.15) is 0 Å². The minimum atomic E-state index is -0.134. The van der Waals surface area contributed by atoms with Crippen molar-refractivity contribution in [2.45, 2.75) is 63.9 Å². The van der Waals surface area contributed by atoms with E-state index in [1.807, 2.05) is 4.90 Å². The van der Waals surface area contributed by atoms with Gasteiger partial charge in [-0.1, -0.05) is 24.4 Å². The normalized spacial score (nSPS) is 23.7. The molecule has 1 amide bonds. The van der Waals surface area contributed by atoms with Gasteiger partial charge in [0.15, 0.2) is 0 Å². The highest BCUT2D eigenvalue weighted by Crippen LogP contribution is 2.28. The van der Waals surface area contributed by atoms with Crippen molar-refractivity contribution in [2.24, 2.45) is 5.92 Å². The monoisotopic (exact) mass is 379 g/mol. The molecule has 5 nitrogen and oxygen atoms in total. The van der Waals surface area contributed by atoms with Crippen molar-refractivity contribution < 1.29 is 9.90 Å². The summed E-state index contributed by atoms with van der Waals surface area (Å²) in [7, 11) is 0. The molecule has 26 heavy (non-hydrogen) atoms. The number of halogens is 1. The summed E-state index contributed by atoms with van der Waals surface area (Å²) in [5.74, 6) is 1.08. The molecule has 2 fully saturated rings. The van der Waals surface area contributed by atoms with Crippen LogP contribution < -0.4 is 5.32 Å². The fourth-order valence-electron chi connectivity index (χ4n) is 4.06. The van der Waals surface area contributed by atoms with Crippen LogP contribution in [0.5, 0.6) is 0 Å². The van der Waals surface area contributed by atoms with Crippen LogP contribution in [0.15, 0.2) is 12.3 Å². The molecule has 144 valence electrons. The third kappa shape index (κ3) is 5.10. The molecule has 3 rings (SSSR count). The lowest BCUT2D eigenvalue weighted by Crippen LogP contribution is -2.35. The lowest BCUT2D eigenvalue weighted by Gasteiger charge is -2.27. The van der Waals surface area contributed by atoms with Crippen LogP contribution in [0.1, 0.15) is 68.1 Å². The highest BCUT2D eigenvalue weighted by atomic mass is 35.5. The van der Waals surface area contributed by atoms with E-state index in [1.165, 1.54) is 12.8 Å². The zero-order valence-corrected chi connectivity index (χ0v) is 16.2. The Morgan fingerprint density at radius 3 is 2.73 bits per heavy atom. The van der Waals surface area contributed by atoms with Gasteiger partial charge in [0.25, 0.3) is 5.91 Å². The molecule has 1 aliphatic carbocycles. The maximum absolute atomic E-state index is 12.5. The fraction of sp³-hybridized carbons (Fsp3) is 0.700. The number of nitrogens with one attached hydrogen (secondary N) is 1. The maximum Gasteiger partial charge on any atom is 0.255 e. The number of nitrogens with zero attached hydrogens (tertiary/aromatic N) is 2. The Balaban J connectivity index is 1.47. The number of carbonyl (C=O) groups is 1. The average molecular weight is 380 g/mol. The summed E-state index contributed by atoms with van der Waals surface area (Å²) in [5.41, 5.74) is 0.563. The van der Waals surface area contributed by atoms with E-state index in [0.29, 0.717) is 22.3 Å². The van der Waals surface area contributed by atoms with Gasteiger partial charge in [-0.15, -0.1) is 0 Å². The summed E-state index contributed by atoms with van der Waals surface area (Å²) in [6.07, 6.45) is 11.3. The van der Waals surface area contributed by atoms with E-state index >= 15 is 0 Å². The zero-order valence-electron chi connectivity index (χ0n) is 15.4.